The number of hydrogen-bond donors (Lipinski definition) is 4. The van der Waals surface area contributed by atoms with Crippen molar-refractivity contribution in [2.24, 2.45) is 5.92 Å². The van der Waals surface area contributed by atoms with Crippen LogP contribution < -0.4 is 19.5 Å². The van der Waals surface area contributed by atoms with E-state index in [1.807, 2.05) is 24.3 Å². The number of carbonyl (C=O) groups is 2. The lowest BCUT2D eigenvalue weighted by molar-refractivity contribution is -0.138. The molecule has 10 nitrogen and oxygen atoms in total. The van der Waals surface area contributed by atoms with E-state index in [0.717, 1.165) is 37.0 Å². The monoisotopic (exact) mass is 594 g/mol. The third kappa shape index (κ3) is 6.37. The van der Waals surface area contributed by atoms with Crippen LogP contribution in [0, 0.1) is 5.92 Å². The molecule has 0 spiro atoms. The Morgan fingerprint density at radius 1 is 1.07 bits per heavy atom. The summed E-state index contributed by atoms with van der Waals surface area (Å²) < 4.78 is 17.4. The van der Waals surface area contributed by atoms with Crippen LogP contribution in [0.25, 0.3) is 0 Å². The highest BCUT2D eigenvalue weighted by molar-refractivity contribution is 5.96. The van der Waals surface area contributed by atoms with Gasteiger partial charge in [-0.2, -0.15) is 0 Å². The summed E-state index contributed by atoms with van der Waals surface area (Å²) in [5.41, 5.74) is 2.47. The van der Waals surface area contributed by atoms with Crippen LogP contribution in [0.5, 0.6) is 17.2 Å². The maximum Gasteiger partial charge on any atom is 0.247 e. The predicted octanol–water partition coefficient (Wildman–Crippen LogP) is 2.47. The Labute approximate surface area is 252 Å². The molecule has 1 saturated carbocycles. The summed E-state index contributed by atoms with van der Waals surface area (Å²) in [6.45, 7) is -0.126. The fourth-order valence-electron chi connectivity index (χ4n) is 6.79. The van der Waals surface area contributed by atoms with Gasteiger partial charge in [-0.1, -0.05) is 31.0 Å². The van der Waals surface area contributed by atoms with E-state index in [9.17, 15) is 24.9 Å². The van der Waals surface area contributed by atoms with E-state index in [1.54, 1.807) is 30.2 Å². The van der Waals surface area contributed by atoms with Crippen molar-refractivity contribution in [3.63, 3.8) is 0 Å². The first kappa shape index (κ1) is 30.8. The molecule has 4 N–H and O–H groups in total. The molecule has 0 unspecified atom stereocenters. The summed E-state index contributed by atoms with van der Waals surface area (Å²) in [7, 11) is 3.10. The Morgan fingerprint density at radius 3 is 2.51 bits per heavy atom. The van der Waals surface area contributed by atoms with Gasteiger partial charge in [-0.05, 0) is 60.6 Å². The Balaban J connectivity index is 1.54. The zero-order valence-electron chi connectivity index (χ0n) is 24.8. The van der Waals surface area contributed by atoms with Crippen LogP contribution >= 0.6 is 0 Å². The van der Waals surface area contributed by atoms with Gasteiger partial charge < -0.3 is 39.7 Å². The minimum Gasteiger partial charge on any atom is -0.496 e. The molecule has 2 aliphatic carbocycles. The molecule has 0 radical (unpaired) electrons. The van der Waals surface area contributed by atoms with E-state index in [0.29, 0.717) is 53.5 Å². The molecular weight excluding hydrogens is 552 g/mol. The van der Waals surface area contributed by atoms with Gasteiger partial charge in [0.05, 0.1) is 39.4 Å². The van der Waals surface area contributed by atoms with E-state index in [1.165, 1.54) is 7.11 Å². The van der Waals surface area contributed by atoms with Gasteiger partial charge >= 0.3 is 0 Å². The summed E-state index contributed by atoms with van der Waals surface area (Å²) in [6, 6.07) is 10.2. The molecule has 2 amide bonds. The van der Waals surface area contributed by atoms with E-state index in [2.05, 4.69) is 5.32 Å². The van der Waals surface area contributed by atoms with Crippen molar-refractivity contribution in [1.82, 2.24) is 10.2 Å². The van der Waals surface area contributed by atoms with E-state index in [4.69, 9.17) is 14.2 Å². The Morgan fingerprint density at radius 2 is 1.81 bits per heavy atom. The number of benzene rings is 2. The second-order valence-electron chi connectivity index (χ2n) is 11.5. The molecular formula is C33H42N2O8. The van der Waals surface area contributed by atoms with Crippen molar-refractivity contribution < 1.29 is 39.1 Å². The minimum absolute atomic E-state index is 0.0482. The van der Waals surface area contributed by atoms with Gasteiger partial charge in [0, 0.05) is 30.6 Å². The van der Waals surface area contributed by atoms with Gasteiger partial charge in [-0.3, -0.25) is 9.59 Å². The van der Waals surface area contributed by atoms with E-state index in [-0.39, 0.29) is 25.7 Å². The molecule has 0 saturated heterocycles. The van der Waals surface area contributed by atoms with Crippen LogP contribution in [0.4, 0.5) is 0 Å². The lowest BCUT2D eigenvalue weighted by Crippen LogP contribution is -2.56. The van der Waals surface area contributed by atoms with Crippen LogP contribution in [0.3, 0.4) is 0 Å². The summed E-state index contributed by atoms with van der Waals surface area (Å²) in [6.07, 6.45) is 4.73. The molecule has 0 bridgehead atoms. The summed E-state index contributed by atoms with van der Waals surface area (Å²) in [4.78, 5) is 29.3. The number of nitrogens with zero attached hydrogens (tertiary/aromatic N) is 1. The summed E-state index contributed by atoms with van der Waals surface area (Å²) in [5.74, 6) is 0.634. The summed E-state index contributed by atoms with van der Waals surface area (Å²) in [5, 5.41) is 33.9. The van der Waals surface area contributed by atoms with Crippen LogP contribution in [0.15, 0.2) is 48.0 Å². The standard InChI is InChI=1S/C33H42N2O8/c1-41-26-10-6-5-9-22(26)11-13-35(28(38)17-20-7-3-4-8-20)25-18-24(33(40)34-12-14-36)29-23-15-21(19-37)16-27(42-2)31(23)43-32(29)30(25)39/h5-6,9-10,15-16,18,20,25,29-30,32,36-37,39H,3-4,7-8,11-14,17,19H2,1-2H3,(H,34,40)/t25-,29+,30+,32+/m1/s1. The quantitative estimate of drug-likeness (QED) is 0.294. The first-order chi connectivity index (χ1) is 20.9. The second kappa shape index (κ2) is 13.8. The number of carbonyl (C=O) groups excluding carboxylic acids is 2. The smallest absolute Gasteiger partial charge is 0.247 e. The largest absolute Gasteiger partial charge is 0.496 e. The zero-order valence-corrected chi connectivity index (χ0v) is 24.8. The normalized spacial score (nSPS) is 22.7. The van der Waals surface area contributed by atoms with Crippen LogP contribution in [-0.2, 0) is 22.6 Å². The number of methoxy groups -OCH3 is 2. The molecule has 3 aliphatic rings. The highest BCUT2D eigenvalue weighted by Crippen LogP contribution is 2.51. The number of nitrogens with one attached hydrogen (secondary N) is 1. The maximum absolute atomic E-state index is 14.0. The van der Waals surface area contributed by atoms with Crippen molar-refractivity contribution in [1.29, 1.82) is 0 Å². The van der Waals surface area contributed by atoms with Crippen molar-refractivity contribution in [2.75, 3.05) is 33.9 Å². The number of fused-ring (bicyclic) bond motifs is 3. The van der Waals surface area contributed by atoms with Crippen molar-refractivity contribution in [3.8, 4) is 17.2 Å². The highest BCUT2D eigenvalue weighted by atomic mass is 16.5. The SMILES string of the molecule is COc1ccccc1CCN(C(=O)CC1CCCC1)[C@@H]1C=C(C(=O)NCCO)[C@@H]2c3cc(CO)cc(OC)c3O[C@@H]2[C@H]1O. The lowest BCUT2D eigenvalue weighted by atomic mass is 9.77. The van der Waals surface area contributed by atoms with Gasteiger partial charge in [0.2, 0.25) is 11.8 Å². The third-order valence-electron chi connectivity index (χ3n) is 8.93. The third-order valence-corrected chi connectivity index (χ3v) is 8.93. The molecule has 5 rings (SSSR count). The Kier molecular flexibility index (Phi) is 9.90. The topological polar surface area (TPSA) is 138 Å². The number of amides is 2. The molecule has 2 aromatic rings. The average Bonchev–Trinajstić information content (AvgIpc) is 3.68. The van der Waals surface area contributed by atoms with Crippen LogP contribution in [0.2, 0.25) is 0 Å². The van der Waals surface area contributed by atoms with E-state index < -0.39 is 30.1 Å². The van der Waals surface area contributed by atoms with Gasteiger partial charge in [0.1, 0.15) is 18.0 Å². The van der Waals surface area contributed by atoms with Gasteiger partial charge in [0.15, 0.2) is 11.5 Å². The average molecular weight is 595 g/mol. The highest BCUT2D eigenvalue weighted by Gasteiger charge is 2.51. The molecule has 43 heavy (non-hydrogen) atoms. The first-order valence-corrected chi connectivity index (χ1v) is 15.1. The van der Waals surface area contributed by atoms with Crippen LogP contribution in [-0.4, -0.2) is 84.2 Å². The van der Waals surface area contributed by atoms with E-state index >= 15 is 0 Å². The molecule has 4 atom stereocenters. The minimum atomic E-state index is -1.15. The Bertz CT molecular complexity index is 1340. The number of ether oxygens (including phenoxy) is 3. The zero-order chi connectivity index (χ0) is 30.5. The number of hydrogen-bond acceptors (Lipinski definition) is 8. The summed E-state index contributed by atoms with van der Waals surface area (Å²) >= 11 is 0. The Hall–Kier alpha value is -3.60. The lowest BCUT2D eigenvalue weighted by Gasteiger charge is -2.41. The molecule has 232 valence electrons. The molecule has 10 heteroatoms. The van der Waals surface area contributed by atoms with Crippen LogP contribution in [0.1, 0.15) is 54.7 Å². The predicted molar refractivity (Wildman–Crippen MR) is 159 cm³/mol. The fraction of sp³-hybridized carbons (Fsp3) is 0.515. The molecule has 1 heterocycles. The first-order valence-electron chi connectivity index (χ1n) is 15.1. The molecule has 1 fully saturated rings. The number of aliphatic hydroxyl groups excluding tert-OH is 3. The molecule has 0 aromatic heterocycles. The van der Waals surface area contributed by atoms with Crippen molar-refractivity contribution >= 4 is 11.8 Å². The number of para-hydroxylation sites is 1. The molecule has 1 aliphatic heterocycles. The second-order valence-corrected chi connectivity index (χ2v) is 11.5. The van der Waals surface area contributed by atoms with Crippen molar-refractivity contribution in [2.45, 2.75) is 69.3 Å². The number of aliphatic hydroxyl groups is 3. The van der Waals surface area contributed by atoms with Gasteiger partial charge in [-0.15, -0.1) is 0 Å². The fourth-order valence-corrected chi connectivity index (χ4v) is 6.79. The van der Waals surface area contributed by atoms with Crippen molar-refractivity contribution in [3.05, 3.63) is 64.7 Å². The van der Waals surface area contributed by atoms with Gasteiger partial charge in [0.25, 0.3) is 0 Å². The number of rotatable bonds is 12. The van der Waals surface area contributed by atoms with Gasteiger partial charge in [-0.25, -0.2) is 0 Å². The molecule has 2 aromatic carbocycles. The maximum atomic E-state index is 14.0.